The standard InChI is InChI=1S/C20H19N5O/c21-18-15-9-17(26)25(11-12-4-2-1-3-5-12)20(15)24-19(23-18)14-8-16(22-10-14)13-6-7-13/h1-5,8,13H,6-7,9-11H2,(H2,21,23,24). The molecule has 1 fully saturated rings. The summed E-state index contributed by atoms with van der Waals surface area (Å²) in [6.07, 6.45) is 4.79. The van der Waals surface area contributed by atoms with Crippen molar-refractivity contribution in [1.82, 2.24) is 9.97 Å². The van der Waals surface area contributed by atoms with Gasteiger partial charge in [-0.15, -0.1) is 0 Å². The number of benzene rings is 1. The molecule has 6 nitrogen and oxygen atoms in total. The van der Waals surface area contributed by atoms with Gasteiger partial charge in [-0.1, -0.05) is 30.3 Å². The Hall–Kier alpha value is -3.02. The van der Waals surface area contributed by atoms with E-state index in [2.05, 4.69) is 16.1 Å². The molecule has 0 atom stereocenters. The third kappa shape index (κ3) is 2.58. The summed E-state index contributed by atoms with van der Waals surface area (Å²) >= 11 is 0. The van der Waals surface area contributed by atoms with E-state index in [0.717, 1.165) is 22.4 Å². The maximum Gasteiger partial charge on any atom is 0.233 e. The van der Waals surface area contributed by atoms with Crippen molar-refractivity contribution >= 4 is 28.8 Å². The fourth-order valence-electron chi connectivity index (χ4n) is 3.53. The summed E-state index contributed by atoms with van der Waals surface area (Å²) in [5, 5.41) is 0. The quantitative estimate of drug-likeness (QED) is 0.922. The number of hydrogen-bond donors (Lipinski definition) is 1. The normalized spacial score (nSPS) is 18.8. The molecule has 1 aliphatic carbocycles. The van der Waals surface area contributed by atoms with Crippen LogP contribution in [0.1, 0.15) is 29.8 Å². The Morgan fingerprint density at radius 3 is 2.73 bits per heavy atom. The van der Waals surface area contributed by atoms with Crippen LogP contribution in [-0.2, 0) is 17.8 Å². The molecule has 0 unspecified atom stereocenters. The first kappa shape index (κ1) is 15.3. The summed E-state index contributed by atoms with van der Waals surface area (Å²) in [4.78, 5) is 28.0. The summed E-state index contributed by atoms with van der Waals surface area (Å²) in [7, 11) is 0. The Morgan fingerprint density at radius 2 is 1.96 bits per heavy atom. The van der Waals surface area contributed by atoms with Crippen LogP contribution in [0, 0.1) is 5.92 Å². The zero-order valence-corrected chi connectivity index (χ0v) is 14.4. The number of carbonyl (C=O) groups excluding carboxylic acids is 1. The third-order valence-electron chi connectivity index (χ3n) is 5.12. The number of rotatable bonds is 4. The lowest BCUT2D eigenvalue weighted by atomic mass is 10.1. The molecule has 0 radical (unpaired) electrons. The fourth-order valence-corrected chi connectivity index (χ4v) is 3.53. The van der Waals surface area contributed by atoms with E-state index in [1.54, 1.807) is 4.90 Å². The highest BCUT2D eigenvalue weighted by Gasteiger charge is 2.33. The first-order valence-corrected chi connectivity index (χ1v) is 8.95. The maximum absolute atomic E-state index is 12.5. The molecular weight excluding hydrogens is 326 g/mol. The van der Waals surface area contributed by atoms with Crippen molar-refractivity contribution in [2.45, 2.75) is 25.8 Å². The number of nitrogens with two attached hydrogens (primary N) is 1. The Labute approximate surface area is 151 Å². The van der Waals surface area contributed by atoms with E-state index in [1.807, 2.05) is 30.3 Å². The van der Waals surface area contributed by atoms with Crippen LogP contribution in [0.2, 0.25) is 0 Å². The van der Waals surface area contributed by atoms with Crippen LogP contribution in [0.5, 0.6) is 0 Å². The van der Waals surface area contributed by atoms with Crippen molar-refractivity contribution in [3.05, 3.63) is 53.4 Å². The number of carbonyl (C=O) groups is 1. The molecule has 2 aromatic rings. The molecular formula is C20H19N5O. The third-order valence-corrected chi connectivity index (χ3v) is 5.12. The van der Waals surface area contributed by atoms with Gasteiger partial charge in [-0.05, 0) is 24.5 Å². The van der Waals surface area contributed by atoms with Crippen molar-refractivity contribution in [2.24, 2.45) is 10.9 Å². The van der Waals surface area contributed by atoms with Gasteiger partial charge in [-0.2, -0.15) is 0 Å². The summed E-state index contributed by atoms with van der Waals surface area (Å²) in [5.74, 6) is 2.25. The lowest BCUT2D eigenvalue weighted by Crippen LogP contribution is -2.26. The van der Waals surface area contributed by atoms with Crippen LogP contribution in [0.15, 0.2) is 41.4 Å². The topological polar surface area (TPSA) is 84.5 Å². The highest BCUT2D eigenvalue weighted by molar-refractivity contribution is 6.07. The van der Waals surface area contributed by atoms with Crippen molar-refractivity contribution in [3.63, 3.8) is 0 Å². The molecule has 3 aliphatic rings. The second-order valence-electron chi connectivity index (χ2n) is 7.06. The Bertz CT molecular complexity index is 960. The number of amides is 1. The summed E-state index contributed by atoms with van der Waals surface area (Å²) in [6, 6.07) is 9.91. The number of aliphatic imine (C=N–C) groups is 1. The van der Waals surface area contributed by atoms with Crippen LogP contribution in [0.4, 0.5) is 11.6 Å². The van der Waals surface area contributed by atoms with Gasteiger partial charge in [-0.3, -0.25) is 14.7 Å². The number of nitrogens with zero attached hydrogens (tertiary/aromatic N) is 4. The van der Waals surface area contributed by atoms with Gasteiger partial charge in [-0.25, -0.2) is 9.97 Å². The van der Waals surface area contributed by atoms with Gasteiger partial charge in [0.25, 0.3) is 0 Å². The van der Waals surface area contributed by atoms with Crippen molar-refractivity contribution in [3.8, 4) is 0 Å². The van der Waals surface area contributed by atoms with E-state index in [1.165, 1.54) is 12.8 Å². The van der Waals surface area contributed by atoms with Gasteiger partial charge in [0.05, 0.1) is 19.5 Å². The molecule has 0 spiro atoms. The smallest absolute Gasteiger partial charge is 0.233 e. The van der Waals surface area contributed by atoms with Crippen LogP contribution in [-0.4, -0.2) is 28.1 Å². The lowest BCUT2D eigenvalue weighted by molar-refractivity contribution is -0.117. The van der Waals surface area contributed by atoms with E-state index in [9.17, 15) is 4.79 Å². The van der Waals surface area contributed by atoms with E-state index >= 15 is 0 Å². The lowest BCUT2D eigenvalue weighted by Gasteiger charge is -2.17. The SMILES string of the molecule is Nc1nc(C2=CC(C3CC3)=NC2)nc2c1CC(=O)N2Cc1ccccc1. The Morgan fingerprint density at radius 1 is 1.15 bits per heavy atom. The average molecular weight is 345 g/mol. The number of aromatic nitrogens is 2. The molecule has 0 bridgehead atoms. The van der Waals surface area contributed by atoms with E-state index in [-0.39, 0.29) is 12.3 Å². The number of allylic oxidation sites excluding steroid dienone is 1. The monoisotopic (exact) mass is 345 g/mol. The highest BCUT2D eigenvalue weighted by Crippen LogP contribution is 2.36. The second-order valence-corrected chi connectivity index (χ2v) is 7.06. The molecule has 26 heavy (non-hydrogen) atoms. The van der Waals surface area contributed by atoms with Crippen molar-refractivity contribution in [1.29, 1.82) is 0 Å². The number of fused-ring (bicyclic) bond motifs is 1. The minimum atomic E-state index is 0.0114. The van der Waals surface area contributed by atoms with Crippen LogP contribution in [0.25, 0.3) is 5.57 Å². The number of nitrogen functional groups attached to an aromatic ring is 1. The molecule has 1 aromatic carbocycles. The van der Waals surface area contributed by atoms with Gasteiger partial charge >= 0.3 is 0 Å². The molecule has 6 heteroatoms. The number of anilines is 2. The molecule has 1 amide bonds. The first-order chi connectivity index (χ1) is 12.7. The Balaban J connectivity index is 1.49. The van der Waals surface area contributed by atoms with E-state index in [0.29, 0.717) is 36.5 Å². The zero-order valence-electron chi connectivity index (χ0n) is 14.4. The van der Waals surface area contributed by atoms with Crippen LogP contribution < -0.4 is 10.6 Å². The predicted molar refractivity (Wildman–Crippen MR) is 101 cm³/mol. The molecule has 0 saturated heterocycles. The van der Waals surface area contributed by atoms with Crippen molar-refractivity contribution in [2.75, 3.05) is 17.2 Å². The van der Waals surface area contributed by atoms with E-state index < -0.39 is 0 Å². The van der Waals surface area contributed by atoms with E-state index in [4.69, 9.17) is 10.7 Å². The molecule has 2 N–H and O–H groups in total. The van der Waals surface area contributed by atoms with Crippen LogP contribution >= 0.6 is 0 Å². The number of hydrogen-bond acceptors (Lipinski definition) is 5. The fraction of sp³-hybridized carbons (Fsp3) is 0.300. The largest absolute Gasteiger partial charge is 0.383 e. The molecule has 130 valence electrons. The highest BCUT2D eigenvalue weighted by atomic mass is 16.2. The Kier molecular flexibility index (Phi) is 3.38. The van der Waals surface area contributed by atoms with Gasteiger partial charge in [0.2, 0.25) is 5.91 Å². The van der Waals surface area contributed by atoms with Crippen molar-refractivity contribution < 1.29 is 4.79 Å². The predicted octanol–water partition coefficient (Wildman–Crippen LogP) is 2.40. The van der Waals surface area contributed by atoms with Crippen LogP contribution in [0.3, 0.4) is 0 Å². The summed E-state index contributed by atoms with van der Waals surface area (Å²) in [6.45, 7) is 1.09. The summed E-state index contributed by atoms with van der Waals surface area (Å²) in [5.41, 5.74) is 10.1. The second kappa shape index (κ2) is 5.76. The first-order valence-electron chi connectivity index (χ1n) is 8.95. The minimum Gasteiger partial charge on any atom is -0.383 e. The molecule has 1 saturated carbocycles. The average Bonchev–Trinajstić information content (AvgIpc) is 3.30. The van der Waals surface area contributed by atoms with Gasteiger partial charge in [0.1, 0.15) is 11.6 Å². The van der Waals surface area contributed by atoms with Gasteiger partial charge < -0.3 is 5.73 Å². The maximum atomic E-state index is 12.5. The molecule has 3 heterocycles. The molecule has 5 rings (SSSR count). The van der Waals surface area contributed by atoms with Gasteiger partial charge in [0, 0.05) is 22.8 Å². The molecule has 2 aliphatic heterocycles. The molecule has 1 aromatic heterocycles. The minimum absolute atomic E-state index is 0.0114. The van der Waals surface area contributed by atoms with Gasteiger partial charge in [0.15, 0.2) is 5.82 Å². The zero-order chi connectivity index (χ0) is 17.7. The summed E-state index contributed by atoms with van der Waals surface area (Å²) < 4.78 is 0.